The number of aromatic hydroxyl groups is 2. The van der Waals surface area contributed by atoms with Crippen molar-refractivity contribution >= 4 is 5.78 Å². The molecule has 1 aromatic carbocycles. The minimum absolute atomic E-state index is 0.222. The van der Waals surface area contributed by atoms with Crippen LogP contribution in [0.3, 0.4) is 0 Å². The van der Waals surface area contributed by atoms with Crippen LogP contribution in [0.1, 0.15) is 22.8 Å². The minimum Gasteiger partial charge on any atom is -0.504 e. The molecule has 0 aliphatic rings. The minimum atomic E-state index is -0.874. The summed E-state index contributed by atoms with van der Waals surface area (Å²) >= 11 is 0. The van der Waals surface area contributed by atoms with Gasteiger partial charge in [0.2, 0.25) is 0 Å². The Kier molecular flexibility index (Phi) is 2.56. The average molecular weight is 194 g/mol. The molecule has 0 aliphatic heterocycles. The Bertz CT molecular complexity index is 449. The average Bonchev–Trinajstić information content (AvgIpc) is 2.18. The third-order valence-corrected chi connectivity index (χ3v) is 1.90. The fourth-order valence-electron chi connectivity index (χ4n) is 1.17. The van der Waals surface area contributed by atoms with E-state index in [1.54, 1.807) is 6.92 Å². The summed E-state index contributed by atoms with van der Waals surface area (Å²) in [6.45, 7) is 2.90. The second kappa shape index (κ2) is 3.49. The number of hydrogen-bond donors (Lipinski definition) is 2. The number of rotatable bonds is 1. The van der Waals surface area contributed by atoms with Gasteiger partial charge in [0.25, 0.3) is 5.43 Å². The van der Waals surface area contributed by atoms with Crippen LogP contribution in [0, 0.1) is 6.92 Å². The number of carbonyl (C=O) groups excluding carboxylic acids is 1. The van der Waals surface area contributed by atoms with Crippen LogP contribution in [0.5, 0.6) is 11.5 Å². The van der Waals surface area contributed by atoms with E-state index in [2.05, 4.69) is 0 Å². The molecule has 1 aromatic rings. The molecule has 0 saturated heterocycles. The van der Waals surface area contributed by atoms with Gasteiger partial charge in [0.1, 0.15) is 0 Å². The maximum Gasteiger partial charge on any atom is 0.261 e. The quantitative estimate of drug-likeness (QED) is 0.653. The molecule has 0 bridgehead atoms. The van der Waals surface area contributed by atoms with E-state index in [0.717, 1.165) is 6.07 Å². The first kappa shape index (κ1) is 10.2. The predicted molar refractivity (Wildman–Crippen MR) is 50.8 cm³/mol. The lowest BCUT2D eigenvalue weighted by molar-refractivity contribution is 0.101. The van der Waals surface area contributed by atoms with E-state index in [0.29, 0.717) is 5.56 Å². The zero-order valence-corrected chi connectivity index (χ0v) is 7.87. The number of ketones is 1. The van der Waals surface area contributed by atoms with Crippen LogP contribution in [-0.4, -0.2) is 16.0 Å². The van der Waals surface area contributed by atoms with Crippen molar-refractivity contribution in [1.29, 1.82) is 0 Å². The molecule has 0 unspecified atom stereocenters. The Morgan fingerprint density at radius 2 is 1.71 bits per heavy atom. The zero-order chi connectivity index (χ0) is 10.9. The van der Waals surface area contributed by atoms with Gasteiger partial charge in [-0.2, -0.15) is 0 Å². The van der Waals surface area contributed by atoms with Gasteiger partial charge < -0.3 is 10.2 Å². The second-order valence-corrected chi connectivity index (χ2v) is 3.04. The summed E-state index contributed by atoms with van der Waals surface area (Å²) in [5.74, 6) is -1.46. The third kappa shape index (κ3) is 1.74. The van der Waals surface area contributed by atoms with Gasteiger partial charge in [-0.15, -0.1) is 0 Å². The van der Waals surface area contributed by atoms with Crippen LogP contribution >= 0.6 is 0 Å². The normalized spacial score (nSPS) is 9.86. The van der Waals surface area contributed by atoms with Crippen molar-refractivity contribution < 1.29 is 15.0 Å². The Morgan fingerprint density at radius 3 is 2.21 bits per heavy atom. The van der Waals surface area contributed by atoms with Gasteiger partial charge >= 0.3 is 0 Å². The van der Waals surface area contributed by atoms with Gasteiger partial charge in [-0.3, -0.25) is 9.59 Å². The van der Waals surface area contributed by atoms with Gasteiger partial charge in [0.15, 0.2) is 17.3 Å². The van der Waals surface area contributed by atoms with E-state index >= 15 is 0 Å². The maximum atomic E-state index is 11.1. The predicted octanol–water partition coefficient (Wildman–Crippen LogP) is 0.969. The Hall–Kier alpha value is -1.84. The monoisotopic (exact) mass is 194 g/mol. The Balaban J connectivity index is 3.69. The summed E-state index contributed by atoms with van der Waals surface area (Å²) in [7, 11) is 0. The smallest absolute Gasteiger partial charge is 0.261 e. The SMILES string of the molecule is CC(=O)c1cc(O)c(=O)c(O)cc1C. The fourth-order valence-corrected chi connectivity index (χ4v) is 1.17. The van der Waals surface area contributed by atoms with Crippen molar-refractivity contribution in [3.8, 4) is 11.5 Å². The van der Waals surface area contributed by atoms with Crippen molar-refractivity contribution in [2.45, 2.75) is 13.8 Å². The topological polar surface area (TPSA) is 74.6 Å². The Labute approximate surface area is 80.4 Å². The molecule has 4 heteroatoms. The lowest BCUT2D eigenvalue weighted by atomic mass is 10.1. The first-order chi connectivity index (χ1) is 6.43. The lowest BCUT2D eigenvalue weighted by Gasteiger charge is -1.94. The van der Waals surface area contributed by atoms with Crippen LogP contribution in [0.25, 0.3) is 0 Å². The van der Waals surface area contributed by atoms with E-state index in [1.165, 1.54) is 13.0 Å². The molecule has 74 valence electrons. The van der Waals surface area contributed by atoms with Gasteiger partial charge in [0, 0.05) is 5.56 Å². The molecular weight excluding hydrogens is 184 g/mol. The zero-order valence-electron chi connectivity index (χ0n) is 7.87. The molecular formula is C10H10O4. The molecule has 1 rings (SSSR count). The number of Topliss-reactive ketones (excluding diaryl/α,β-unsaturated/α-hetero) is 1. The van der Waals surface area contributed by atoms with Crippen molar-refractivity contribution in [2.24, 2.45) is 0 Å². The first-order valence-electron chi connectivity index (χ1n) is 4.01. The summed E-state index contributed by atoms with van der Waals surface area (Å²) in [4.78, 5) is 22.2. The molecule has 0 radical (unpaired) electrons. The van der Waals surface area contributed by atoms with Gasteiger partial charge in [-0.1, -0.05) is 0 Å². The Morgan fingerprint density at radius 1 is 1.21 bits per heavy atom. The molecule has 0 atom stereocenters. The van der Waals surface area contributed by atoms with E-state index in [1.807, 2.05) is 0 Å². The molecule has 0 heterocycles. The van der Waals surface area contributed by atoms with E-state index < -0.39 is 16.9 Å². The molecule has 0 aliphatic carbocycles. The summed E-state index contributed by atoms with van der Waals surface area (Å²) in [5, 5.41) is 18.4. The largest absolute Gasteiger partial charge is 0.504 e. The first-order valence-corrected chi connectivity index (χ1v) is 4.01. The molecule has 0 fully saturated rings. The van der Waals surface area contributed by atoms with Gasteiger partial charge in [-0.25, -0.2) is 0 Å². The molecule has 4 nitrogen and oxygen atoms in total. The highest BCUT2D eigenvalue weighted by molar-refractivity contribution is 5.95. The standard InChI is InChI=1S/C10H10O4/c1-5-3-8(12)10(14)9(13)4-7(5)6(2)11/h3-4H,1-2H3,(H2,12,13,14). The van der Waals surface area contributed by atoms with Crippen molar-refractivity contribution in [3.63, 3.8) is 0 Å². The molecule has 14 heavy (non-hydrogen) atoms. The molecule has 0 spiro atoms. The van der Waals surface area contributed by atoms with Crippen molar-refractivity contribution in [3.05, 3.63) is 33.5 Å². The van der Waals surface area contributed by atoms with E-state index in [4.69, 9.17) is 5.11 Å². The highest BCUT2D eigenvalue weighted by atomic mass is 16.3. The van der Waals surface area contributed by atoms with Crippen molar-refractivity contribution in [1.82, 2.24) is 0 Å². The van der Waals surface area contributed by atoms with E-state index in [9.17, 15) is 14.7 Å². The summed E-state index contributed by atoms with van der Waals surface area (Å²) in [6, 6.07) is 2.23. The molecule has 0 saturated carbocycles. The number of carbonyl (C=O) groups is 1. The molecule has 0 aromatic heterocycles. The maximum absolute atomic E-state index is 11.1. The fraction of sp³-hybridized carbons (Fsp3) is 0.200. The van der Waals surface area contributed by atoms with Crippen LogP contribution in [0.15, 0.2) is 16.9 Å². The molecule has 0 amide bonds. The van der Waals surface area contributed by atoms with Crippen LogP contribution < -0.4 is 5.43 Å². The number of aryl methyl sites for hydroxylation is 1. The summed E-state index contributed by atoms with van der Waals surface area (Å²) in [6.07, 6.45) is 0. The lowest BCUT2D eigenvalue weighted by Crippen LogP contribution is -1.95. The van der Waals surface area contributed by atoms with Gasteiger partial charge in [-0.05, 0) is 31.5 Å². The number of hydrogen-bond acceptors (Lipinski definition) is 4. The van der Waals surface area contributed by atoms with Crippen LogP contribution in [0.2, 0.25) is 0 Å². The highest BCUT2D eigenvalue weighted by Gasteiger charge is 2.08. The highest BCUT2D eigenvalue weighted by Crippen LogP contribution is 2.15. The molecule has 2 N–H and O–H groups in total. The van der Waals surface area contributed by atoms with E-state index in [-0.39, 0.29) is 11.3 Å². The second-order valence-electron chi connectivity index (χ2n) is 3.04. The van der Waals surface area contributed by atoms with Crippen LogP contribution in [-0.2, 0) is 0 Å². The third-order valence-electron chi connectivity index (χ3n) is 1.90. The summed E-state index contributed by atoms with van der Waals surface area (Å²) < 4.78 is 0. The van der Waals surface area contributed by atoms with Crippen LogP contribution in [0.4, 0.5) is 0 Å². The van der Waals surface area contributed by atoms with Gasteiger partial charge in [0.05, 0.1) is 0 Å². The summed E-state index contributed by atoms with van der Waals surface area (Å²) in [5.41, 5.74) is -0.201. The van der Waals surface area contributed by atoms with Crippen molar-refractivity contribution in [2.75, 3.05) is 0 Å².